The number of nitrogens with one attached hydrogen (secondary N) is 1. The van der Waals surface area contributed by atoms with Gasteiger partial charge in [-0.3, -0.25) is 9.48 Å². The van der Waals surface area contributed by atoms with Crippen LogP contribution < -0.4 is 11.1 Å². The van der Waals surface area contributed by atoms with E-state index in [1.165, 1.54) is 18.2 Å². The van der Waals surface area contributed by atoms with Gasteiger partial charge in [0.1, 0.15) is 4.34 Å². The van der Waals surface area contributed by atoms with E-state index in [0.29, 0.717) is 14.8 Å². The van der Waals surface area contributed by atoms with Crippen molar-refractivity contribution in [3.63, 3.8) is 0 Å². The highest BCUT2D eigenvalue weighted by molar-refractivity contribution is 7.18. The summed E-state index contributed by atoms with van der Waals surface area (Å²) in [5.41, 5.74) is 6.47. The second-order valence-corrected chi connectivity index (χ2v) is 8.06. The summed E-state index contributed by atoms with van der Waals surface area (Å²) in [5, 5.41) is 6.79. The maximum absolute atomic E-state index is 13.2. The molecule has 0 bridgehead atoms. The molecule has 2 aromatic heterocycles. The zero-order valence-electron chi connectivity index (χ0n) is 15.3. The lowest BCUT2D eigenvalue weighted by atomic mass is 9.99. The molecular formula is C19H18ClF3N4OS. The second kappa shape index (κ2) is 8.56. The summed E-state index contributed by atoms with van der Waals surface area (Å²) in [6, 6.07) is 8.01. The lowest BCUT2D eigenvalue weighted by Gasteiger charge is -2.19. The Morgan fingerprint density at radius 1 is 1.34 bits per heavy atom. The van der Waals surface area contributed by atoms with Crippen LogP contribution in [0.1, 0.15) is 20.8 Å². The number of amides is 1. The Balaban J connectivity index is 1.77. The van der Waals surface area contributed by atoms with Crippen LogP contribution in [0.3, 0.4) is 0 Å². The van der Waals surface area contributed by atoms with Crippen LogP contribution in [0.5, 0.6) is 0 Å². The van der Waals surface area contributed by atoms with Gasteiger partial charge in [0.25, 0.3) is 5.91 Å². The molecule has 0 saturated heterocycles. The molecule has 154 valence electrons. The number of rotatable bonds is 6. The summed E-state index contributed by atoms with van der Waals surface area (Å²) in [6.45, 7) is -0.00831. The van der Waals surface area contributed by atoms with Crippen molar-refractivity contribution < 1.29 is 18.0 Å². The van der Waals surface area contributed by atoms with E-state index >= 15 is 0 Å². The SMILES string of the molecule is Cn1nccc1-c1cc(C(=O)NC(CN)Cc2ccccc2C(F)(F)F)sc1Cl. The predicted octanol–water partition coefficient (Wildman–Crippen LogP) is 4.12. The zero-order chi connectivity index (χ0) is 21.2. The van der Waals surface area contributed by atoms with Crippen LogP contribution in [0.15, 0.2) is 42.6 Å². The molecule has 3 N–H and O–H groups in total. The van der Waals surface area contributed by atoms with E-state index in [4.69, 9.17) is 17.3 Å². The van der Waals surface area contributed by atoms with Gasteiger partial charge in [-0.25, -0.2) is 0 Å². The highest BCUT2D eigenvalue weighted by atomic mass is 35.5. The van der Waals surface area contributed by atoms with Gasteiger partial charge in [-0.15, -0.1) is 11.3 Å². The van der Waals surface area contributed by atoms with E-state index in [1.54, 1.807) is 30.1 Å². The number of nitrogens with two attached hydrogens (primary N) is 1. The molecule has 3 rings (SSSR count). The standard InChI is InChI=1S/C19H18ClF3N4OS/c1-27-15(6-7-25-27)13-9-16(29-17(13)20)18(28)26-12(10-24)8-11-4-2-3-5-14(11)19(21,22)23/h2-7,9,12H,8,10,24H2,1H3,(H,26,28). The molecule has 0 aliphatic rings. The van der Waals surface area contributed by atoms with Crippen LogP contribution in [0.4, 0.5) is 13.2 Å². The van der Waals surface area contributed by atoms with Gasteiger partial charge in [-0.05, 0) is 30.2 Å². The fraction of sp³-hybridized carbons (Fsp3) is 0.263. The molecule has 1 aromatic carbocycles. The molecule has 1 amide bonds. The maximum Gasteiger partial charge on any atom is 0.416 e. The van der Waals surface area contributed by atoms with Crippen molar-refractivity contribution in [2.24, 2.45) is 12.8 Å². The van der Waals surface area contributed by atoms with E-state index in [2.05, 4.69) is 10.4 Å². The van der Waals surface area contributed by atoms with Crippen molar-refractivity contribution in [3.8, 4) is 11.3 Å². The van der Waals surface area contributed by atoms with E-state index in [0.717, 1.165) is 23.1 Å². The normalized spacial score (nSPS) is 12.8. The number of nitrogens with zero attached hydrogens (tertiary/aromatic N) is 2. The van der Waals surface area contributed by atoms with E-state index in [-0.39, 0.29) is 18.5 Å². The number of aryl methyl sites for hydroxylation is 1. The highest BCUT2D eigenvalue weighted by Crippen LogP contribution is 2.35. The third-order valence-corrected chi connectivity index (χ3v) is 5.77. The minimum absolute atomic E-state index is 0.00831. The van der Waals surface area contributed by atoms with Gasteiger partial charge in [-0.1, -0.05) is 29.8 Å². The first-order chi connectivity index (χ1) is 13.7. The van der Waals surface area contributed by atoms with Crippen LogP contribution in [-0.4, -0.2) is 28.3 Å². The molecule has 0 radical (unpaired) electrons. The first kappa shape index (κ1) is 21.4. The molecule has 5 nitrogen and oxygen atoms in total. The Labute approximate surface area is 174 Å². The molecule has 1 atom stereocenters. The van der Waals surface area contributed by atoms with E-state index in [1.807, 2.05) is 0 Å². The molecule has 29 heavy (non-hydrogen) atoms. The number of carbonyl (C=O) groups is 1. The van der Waals surface area contributed by atoms with Crippen LogP contribution >= 0.6 is 22.9 Å². The molecule has 0 saturated carbocycles. The smallest absolute Gasteiger partial charge is 0.347 e. The minimum Gasteiger partial charge on any atom is -0.347 e. The number of hydrogen-bond acceptors (Lipinski definition) is 4. The van der Waals surface area contributed by atoms with Gasteiger partial charge < -0.3 is 11.1 Å². The molecular weight excluding hydrogens is 425 g/mol. The largest absolute Gasteiger partial charge is 0.416 e. The van der Waals surface area contributed by atoms with Gasteiger partial charge >= 0.3 is 6.18 Å². The number of thiophene rings is 1. The first-order valence-electron chi connectivity index (χ1n) is 8.64. The maximum atomic E-state index is 13.2. The average molecular weight is 443 g/mol. The van der Waals surface area contributed by atoms with Crippen molar-refractivity contribution >= 4 is 28.8 Å². The topological polar surface area (TPSA) is 72.9 Å². The van der Waals surface area contributed by atoms with Gasteiger partial charge in [0, 0.05) is 31.4 Å². The second-order valence-electron chi connectivity index (χ2n) is 6.40. The van der Waals surface area contributed by atoms with Crippen LogP contribution in [0, 0.1) is 0 Å². The quantitative estimate of drug-likeness (QED) is 0.603. The molecule has 10 heteroatoms. The van der Waals surface area contributed by atoms with Gasteiger partial charge in [-0.2, -0.15) is 18.3 Å². The fourth-order valence-electron chi connectivity index (χ4n) is 2.98. The summed E-state index contributed by atoms with van der Waals surface area (Å²) >= 11 is 7.36. The molecule has 0 aliphatic carbocycles. The number of aromatic nitrogens is 2. The van der Waals surface area contributed by atoms with Crippen LogP contribution in [0.25, 0.3) is 11.3 Å². The molecule has 0 spiro atoms. The number of alkyl halides is 3. The summed E-state index contributed by atoms with van der Waals surface area (Å²) in [5.74, 6) is -0.440. The number of hydrogen-bond donors (Lipinski definition) is 2. The monoisotopic (exact) mass is 442 g/mol. The molecule has 0 aliphatic heterocycles. The summed E-state index contributed by atoms with van der Waals surface area (Å²) in [7, 11) is 1.76. The zero-order valence-corrected chi connectivity index (χ0v) is 16.9. The van der Waals surface area contributed by atoms with Gasteiger partial charge in [0.05, 0.1) is 16.1 Å². The fourth-order valence-corrected chi connectivity index (χ4v) is 4.18. The van der Waals surface area contributed by atoms with Crippen molar-refractivity contribution in [2.45, 2.75) is 18.6 Å². The lowest BCUT2D eigenvalue weighted by molar-refractivity contribution is -0.138. The lowest BCUT2D eigenvalue weighted by Crippen LogP contribution is -2.41. The predicted molar refractivity (Wildman–Crippen MR) is 107 cm³/mol. The van der Waals surface area contributed by atoms with Crippen molar-refractivity contribution in [3.05, 3.63) is 62.9 Å². The molecule has 0 fully saturated rings. The van der Waals surface area contributed by atoms with Gasteiger partial charge in [0.2, 0.25) is 0 Å². The Morgan fingerprint density at radius 3 is 2.69 bits per heavy atom. The summed E-state index contributed by atoms with van der Waals surface area (Å²) < 4.78 is 41.7. The summed E-state index contributed by atoms with van der Waals surface area (Å²) in [6.07, 6.45) is -2.89. The van der Waals surface area contributed by atoms with Crippen molar-refractivity contribution in [1.29, 1.82) is 0 Å². The van der Waals surface area contributed by atoms with Crippen LogP contribution in [0.2, 0.25) is 4.34 Å². The molecule has 2 heterocycles. The Kier molecular flexibility index (Phi) is 6.30. The van der Waals surface area contributed by atoms with Gasteiger partial charge in [0.15, 0.2) is 0 Å². The molecule has 1 unspecified atom stereocenters. The van der Waals surface area contributed by atoms with E-state index in [9.17, 15) is 18.0 Å². The first-order valence-corrected chi connectivity index (χ1v) is 9.84. The Morgan fingerprint density at radius 2 is 2.07 bits per heavy atom. The summed E-state index contributed by atoms with van der Waals surface area (Å²) in [4.78, 5) is 13.0. The third kappa shape index (κ3) is 4.80. The van der Waals surface area contributed by atoms with Crippen molar-refractivity contribution in [2.75, 3.05) is 6.54 Å². The van der Waals surface area contributed by atoms with Crippen LogP contribution in [-0.2, 0) is 19.6 Å². The number of halogens is 4. The Bertz CT molecular complexity index is 1020. The van der Waals surface area contributed by atoms with E-state index < -0.39 is 23.7 Å². The average Bonchev–Trinajstić information content (AvgIpc) is 3.25. The Hall–Kier alpha value is -2.36. The highest BCUT2D eigenvalue weighted by Gasteiger charge is 2.33. The molecule has 3 aromatic rings. The minimum atomic E-state index is -4.47. The number of benzene rings is 1. The third-order valence-electron chi connectivity index (χ3n) is 4.42. The van der Waals surface area contributed by atoms with Crippen molar-refractivity contribution in [1.82, 2.24) is 15.1 Å². The number of carbonyl (C=O) groups excluding carboxylic acids is 1.